The zero-order chi connectivity index (χ0) is 18.3. The van der Waals surface area contributed by atoms with Gasteiger partial charge in [-0.15, -0.1) is 0 Å². The zero-order valence-corrected chi connectivity index (χ0v) is 16.4. The lowest BCUT2D eigenvalue weighted by atomic mass is 9.81. The van der Waals surface area contributed by atoms with Crippen molar-refractivity contribution in [3.63, 3.8) is 0 Å². The van der Waals surface area contributed by atoms with Gasteiger partial charge in [0.15, 0.2) is 0 Å². The Kier molecular flexibility index (Phi) is 8.46. The highest BCUT2D eigenvalue weighted by atomic mass is 16.3. The number of likely N-dealkylation sites (tertiary alicyclic amines) is 1. The molecule has 6 heteroatoms. The number of nitrogens with zero attached hydrogens (tertiary/aromatic N) is 2. The number of carbonyl (C=O) groups is 1. The first-order valence-corrected chi connectivity index (χ1v) is 9.21. The summed E-state index contributed by atoms with van der Waals surface area (Å²) >= 11 is 0. The fraction of sp³-hybridized carbons (Fsp3) is 0.944. The molecule has 24 heavy (non-hydrogen) atoms. The van der Waals surface area contributed by atoms with E-state index in [1.165, 1.54) is 0 Å². The van der Waals surface area contributed by atoms with Gasteiger partial charge < -0.3 is 25.5 Å². The maximum absolute atomic E-state index is 12.1. The number of rotatable bonds is 8. The minimum atomic E-state index is -0.433. The minimum Gasteiger partial charge on any atom is -0.392 e. The molecule has 3 N–H and O–H groups in total. The number of amides is 2. The fourth-order valence-electron chi connectivity index (χ4n) is 3.19. The normalized spacial score (nSPS) is 18.9. The van der Waals surface area contributed by atoms with Gasteiger partial charge >= 0.3 is 6.03 Å². The van der Waals surface area contributed by atoms with Gasteiger partial charge in [-0.25, -0.2) is 4.79 Å². The number of carbonyl (C=O) groups excluding carboxylic acids is 1. The molecule has 0 aromatic carbocycles. The van der Waals surface area contributed by atoms with Gasteiger partial charge in [0.1, 0.15) is 0 Å². The number of hydrogen-bond acceptors (Lipinski definition) is 4. The summed E-state index contributed by atoms with van der Waals surface area (Å²) in [6, 6.07) is 0.129. The van der Waals surface area contributed by atoms with Crippen LogP contribution in [0.15, 0.2) is 0 Å². The third kappa shape index (κ3) is 7.36. The summed E-state index contributed by atoms with van der Waals surface area (Å²) in [5.74, 6) is 0.177. The van der Waals surface area contributed by atoms with Crippen LogP contribution in [0.5, 0.6) is 0 Å². The molecule has 0 aromatic rings. The molecule has 1 unspecified atom stereocenters. The Morgan fingerprint density at radius 2 is 1.88 bits per heavy atom. The van der Waals surface area contributed by atoms with E-state index in [0.717, 1.165) is 39.0 Å². The molecule has 6 nitrogen and oxygen atoms in total. The van der Waals surface area contributed by atoms with Crippen LogP contribution in [0.1, 0.15) is 40.5 Å². The molecular weight excluding hydrogens is 304 g/mol. The van der Waals surface area contributed by atoms with Crippen LogP contribution in [0.25, 0.3) is 0 Å². The van der Waals surface area contributed by atoms with Gasteiger partial charge in [0.05, 0.1) is 6.10 Å². The van der Waals surface area contributed by atoms with Crippen molar-refractivity contribution in [2.75, 3.05) is 46.8 Å². The number of piperidine rings is 1. The number of aliphatic hydroxyl groups excluding tert-OH is 1. The first kappa shape index (κ1) is 21.2. The van der Waals surface area contributed by atoms with Crippen LogP contribution >= 0.6 is 0 Å². The van der Waals surface area contributed by atoms with E-state index in [-0.39, 0.29) is 23.4 Å². The Hall–Kier alpha value is -0.850. The van der Waals surface area contributed by atoms with E-state index in [9.17, 15) is 9.90 Å². The molecule has 142 valence electrons. The summed E-state index contributed by atoms with van der Waals surface area (Å²) in [4.78, 5) is 16.8. The fourth-order valence-corrected chi connectivity index (χ4v) is 3.19. The molecule has 1 aliphatic heterocycles. The smallest absolute Gasteiger partial charge is 0.315 e. The lowest BCUT2D eigenvalue weighted by molar-refractivity contribution is 0.0151. The molecular formula is C18H38N4O2. The highest BCUT2D eigenvalue weighted by Gasteiger charge is 2.30. The van der Waals surface area contributed by atoms with Crippen molar-refractivity contribution >= 4 is 6.03 Å². The van der Waals surface area contributed by atoms with Crippen LogP contribution in [-0.2, 0) is 0 Å². The van der Waals surface area contributed by atoms with Gasteiger partial charge in [-0.2, -0.15) is 0 Å². The lowest BCUT2D eigenvalue weighted by Crippen LogP contribution is -2.51. The van der Waals surface area contributed by atoms with Crippen molar-refractivity contribution in [2.45, 2.75) is 52.7 Å². The molecule has 0 aliphatic carbocycles. The van der Waals surface area contributed by atoms with Gasteiger partial charge in [0.25, 0.3) is 0 Å². The summed E-state index contributed by atoms with van der Waals surface area (Å²) in [6.07, 6.45) is 1.57. The predicted molar refractivity (Wildman–Crippen MR) is 99.2 cm³/mol. The second-order valence-electron chi connectivity index (χ2n) is 8.42. The standard InChI is InChI=1S/C18H38N4O2/c1-14(2)16(23)18(3,4)13-19-17(24)20-15-7-9-22(10-8-15)12-11-21(5)6/h14-16,23H,7-13H2,1-6H3,(H2,19,20,24). The Bertz CT molecular complexity index is 377. The SMILES string of the molecule is CC(C)C(O)C(C)(C)CNC(=O)NC1CCN(CCN(C)C)CC1. The van der Waals surface area contributed by atoms with E-state index in [2.05, 4.69) is 34.5 Å². The summed E-state index contributed by atoms with van der Waals surface area (Å²) in [7, 11) is 4.19. The Morgan fingerprint density at radius 3 is 2.38 bits per heavy atom. The largest absolute Gasteiger partial charge is 0.392 e. The third-order valence-corrected chi connectivity index (χ3v) is 4.92. The zero-order valence-electron chi connectivity index (χ0n) is 16.4. The van der Waals surface area contributed by atoms with Gasteiger partial charge in [-0.3, -0.25) is 0 Å². The molecule has 0 saturated carbocycles. The first-order valence-electron chi connectivity index (χ1n) is 9.21. The van der Waals surface area contributed by atoms with Crippen molar-refractivity contribution in [3.8, 4) is 0 Å². The van der Waals surface area contributed by atoms with E-state index in [1.54, 1.807) is 0 Å². The van der Waals surface area contributed by atoms with E-state index < -0.39 is 6.10 Å². The Labute approximate surface area is 148 Å². The molecule has 1 heterocycles. The van der Waals surface area contributed by atoms with Crippen LogP contribution in [0.3, 0.4) is 0 Å². The third-order valence-electron chi connectivity index (χ3n) is 4.92. The maximum atomic E-state index is 12.1. The minimum absolute atomic E-state index is 0.120. The predicted octanol–water partition coefficient (Wildman–Crippen LogP) is 1.35. The second-order valence-corrected chi connectivity index (χ2v) is 8.42. The van der Waals surface area contributed by atoms with Crippen LogP contribution in [-0.4, -0.2) is 79.9 Å². The Balaban J connectivity index is 2.27. The average Bonchev–Trinajstić information content (AvgIpc) is 2.51. The lowest BCUT2D eigenvalue weighted by Gasteiger charge is -2.35. The first-order chi connectivity index (χ1) is 11.1. The van der Waals surface area contributed by atoms with Gasteiger partial charge in [-0.1, -0.05) is 27.7 Å². The van der Waals surface area contributed by atoms with E-state index in [0.29, 0.717) is 6.54 Å². The molecule has 2 amide bonds. The number of aliphatic hydroxyl groups is 1. The molecule has 0 bridgehead atoms. The van der Waals surface area contributed by atoms with E-state index in [4.69, 9.17) is 0 Å². The molecule has 1 fully saturated rings. The molecule has 1 rings (SSSR count). The van der Waals surface area contributed by atoms with Crippen molar-refractivity contribution in [1.29, 1.82) is 0 Å². The monoisotopic (exact) mass is 342 g/mol. The topological polar surface area (TPSA) is 67.8 Å². The van der Waals surface area contributed by atoms with Crippen molar-refractivity contribution in [2.24, 2.45) is 11.3 Å². The number of nitrogens with one attached hydrogen (secondary N) is 2. The number of urea groups is 1. The Morgan fingerprint density at radius 1 is 1.29 bits per heavy atom. The van der Waals surface area contributed by atoms with E-state index >= 15 is 0 Å². The summed E-state index contributed by atoms with van der Waals surface area (Å²) in [5.41, 5.74) is -0.332. The van der Waals surface area contributed by atoms with E-state index in [1.807, 2.05) is 27.7 Å². The van der Waals surface area contributed by atoms with Gasteiger partial charge in [0.2, 0.25) is 0 Å². The molecule has 1 aliphatic rings. The van der Waals surface area contributed by atoms with Crippen molar-refractivity contribution in [3.05, 3.63) is 0 Å². The molecule has 1 saturated heterocycles. The van der Waals surface area contributed by atoms with Crippen LogP contribution in [0.2, 0.25) is 0 Å². The van der Waals surface area contributed by atoms with Crippen LogP contribution in [0.4, 0.5) is 4.79 Å². The van der Waals surface area contributed by atoms with Crippen LogP contribution in [0, 0.1) is 11.3 Å². The molecule has 0 radical (unpaired) electrons. The summed E-state index contributed by atoms with van der Waals surface area (Å²) in [6.45, 7) is 12.7. The molecule has 0 aromatic heterocycles. The second kappa shape index (κ2) is 9.59. The molecule has 1 atom stereocenters. The van der Waals surface area contributed by atoms with Gasteiger partial charge in [-0.05, 0) is 32.9 Å². The number of likely N-dealkylation sites (N-methyl/N-ethyl adjacent to an activating group) is 1. The summed E-state index contributed by atoms with van der Waals surface area (Å²) < 4.78 is 0. The van der Waals surface area contributed by atoms with Crippen LogP contribution < -0.4 is 10.6 Å². The van der Waals surface area contributed by atoms with Crippen molar-refractivity contribution < 1.29 is 9.90 Å². The quantitative estimate of drug-likeness (QED) is 0.623. The van der Waals surface area contributed by atoms with Gasteiger partial charge in [0, 0.05) is 44.2 Å². The highest BCUT2D eigenvalue weighted by Crippen LogP contribution is 2.25. The average molecular weight is 343 g/mol. The highest BCUT2D eigenvalue weighted by molar-refractivity contribution is 5.74. The number of hydrogen-bond donors (Lipinski definition) is 3. The maximum Gasteiger partial charge on any atom is 0.315 e. The summed E-state index contributed by atoms with van der Waals surface area (Å²) in [5, 5.41) is 16.2. The van der Waals surface area contributed by atoms with Crippen molar-refractivity contribution in [1.82, 2.24) is 20.4 Å². The molecule has 0 spiro atoms.